The Kier molecular flexibility index (Phi) is 3.71. The minimum absolute atomic E-state index is 0.00601. The number of rotatable bonds is 2. The molecule has 0 atom stereocenters. The number of hydrogen-bond donors (Lipinski definition) is 0. The van der Waals surface area contributed by atoms with E-state index in [4.69, 9.17) is 16.3 Å². The monoisotopic (exact) mass is 291 g/mol. The first-order chi connectivity index (χ1) is 9.74. The minimum Gasteiger partial charge on any atom is -0.378 e. The number of morpholine rings is 1. The third kappa shape index (κ3) is 2.69. The largest absolute Gasteiger partial charge is 0.378 e. The maximum absolute atomic E-state index is 12.3. The normalized spacial score (nSPS) is 15.3. The van der Waals surface area contributed by atoms with Crippen LogP contribution in [0.15, 0.2) is 36.7 Å². The Hall–Kier alpha value is -1.85. The van der Waals surface area contributed by atoms with Gasteiger partial charge in [-0.3, -0.25) is 4.79 Å². The summed E-state index contributed by atoms with van der Waals surface area (Å²) in [4.78, 5) is 14.1. The Morgan fingerprint density at radius 2 is 1.90 bits per heavy atom. The van der Waals surface area contributed by atoms with Gasteiger partial charge in [0.25, 0.3) is 5.91 Å². The standard InChI is InChI=1S/C14H14ClN3O2/c15-12-1-3-13(4-2-12)18-10-11(9-16-18)14(19)17-5-7-20-8-6-17/h1-4,9-10H,5-8H2. The van der Waals surface area contributed by atoms with E-state index in [0.717, 1.165) is 5.69 Å². The summed E-state index contributed by atoms with van der Waals surface area (Å²) in [6.45, 7) is 2.45. The molecule has 1 aromatic heterocycles. The molecule has 0 bridgehead atoms. The highest BCUT2D eigenvalue weighted by Crippen LogP contribution is 2.14. The summed E-state index contributed by atoms with van der Waals surface area (Å²) >= 11 is 5.85. The summed E-state index contributed by atoms with van der Waals surface area (Å²) in [6.07, 6.45) is 3.33. The number of amides is 1. The van der Waals surface area contributed by atoms with Crippen molar-refractivity contribution < 1.29 is 9.53 Å². The summed E-state index contributed by atoms with van der Waals surface area (Å²) in [5.41, 5.74) is 1.46. The van der Waals surface area contributed by atoms with Crippen LogP contribution in [0.1, 0.15) is 10.4 Å². The van der Waals surface area contributed by atoms with Crippen molar-refractivity contribution in [3.05, 3.63) is 47.2 Å². The fourth-order valence-corrected chi connectivity index (χ4v) is 2.24. The first-order valence-electron chi connectivity index (χ1n) is 6.42. The summed E-state index contributed by atoms with van der Waals surface area (Å²) in [7, 11) is 0. The number of carbonyl (C=O) groups excluding carboxylic acids is 1. The molecule has 104 valence electrons. The van der Waals surface area contributed by atoms with Crippen LogP contribution in [0, 0.1) is 0 Å². The van der Waals surface area contributed by atoms with Gasteiger partial charge in [-0.1, -0.05) is 11.6 Å². The molecular weight excluding hydrogens is 278 g/mol. The summed E-state index contributed by atoms with van der Waals surface area (Å²) < 4.78 is 6.91. The fourth-order valence-electron chi connectivity index (χ4n) is 2.12. The Labute approximate surface area is 121 Å². The maximum atomic E-state index is 12.3. The topological polar surface area (TPSA) is 47.4 Å². The number of halogens is 1. The SMILES string of the molecule is O=C(c1cnn(-c2ccc(Cl)cc2)c1)N1CCOCC1. The average Bonchev–Trinajstić information content (AvgIpc) is 2.98. The lowest BCUT2D eigenvalue weighted by Crippen LogP contribution is -2.40. The molecular formula is C14H14ClN3O2. The zero-order valence-electron chi connectivity index (χ0n) is 10.8. The molecule has 0 N–H and O–H groups in total. The lowest BCUT2D eigenvalue weighted by Gasteiger charge is -2.26. The Balaban J connectivity index is 1.79. The smallest absolute Gasteiger partial charge is 0.257 e. The number of hydrogen-bond acceptors (Lipinski definition) is 3. The molecule has 5 nitrogen and oxygen atoms in total. The van der Waals surface area contributed by atoms with Gasteiger partial charge in [-0.05, 0) is 24.3 Å². The summed E-state index contributed by atoms with van der Waals surface area (Å²) in [5, 5.41) is 4.90. The lowest BCUT2D eigenvalue weighted by molar-refractivity contribution is 0.0303. The fraction of sp³-hybridized carbons (Fsp3) is 0.286. The second-order valence-corrected chi connectivity index (χ2v) is 4.99. The quantitative estimate of drug-likeness (QED) is 0.850. The molecule has 1 amide bonds. The van der Waals surface area contributed by atoms with Crippen molar-refractivity contribution in [3.63, 3.8) is 0 Å². The number of benzene rings is 1. The van der Waals surface area contributed by atoms with Gasteiger partial charge in [0.15, 0.2) is 0 Å². The van der Waals surface area contributed by atoms with E-state index in [-0.39, 0.29) is 5.91 Å². The van der Waals surface area contributed by atoms with E-state index in [2.05, 4.69) is 5.10 Å². The predicted molar refractivity (Wildman–Crippen MR) is 75.3 cm³/mol. The number of carbonyl (C=O) groups is 1. The molecule has 3 rings (SSSR count). The molecule has 0 spiro atoms. The summed E-state index contributed by atoms with van der Waals surface area (Å²) in [5.74, 6) is -0.00601. The van der Waals surface area contributed by atoms with Crippen molar-refractivity contribution in [2.45, 2.75) is 0 Å². The molecule has 1 saturated heterocycles. The van der Waals surface area contributed by atoms with Crippen molar-refractivity contribution in [1.82, 2.24) is 14.7 Å². The molecule has 1 aliphatic heterocycles. The van der Waals surface area contributed by atoms with Crippen molar-refractivity contribution >= 4 is 17.5 Å². The number of aromatic nitrogens is 2. The molecule has 2 aromatic rings. The third-order valence-corrected chi connectivity index (χ3v) is 3.47. The van der Waals surface area contributed by atoms with Gasteiger partial charge in [0.2, 0.25) is 0 Å². The molecule has 2 heterocycles. The van der Waals surface area contributed by atoms with E-state index in [1.165, 1.54) is 0 Å². The average molecular weight is 292 g/mol. The van der Waals surface area contributed by atoms with Gasteiger partial charge in [-0.15, -0.1) is 0 Å². The summed E-state index contributed by atoms with van der Waals surface area (Å²) in [6, 6.07) is 7.31. The Bertz CT molecular complexity index is 603. The van der Waals surface area contributed by atoms with Crippen molar-refractivity contribution in [1.29, 1.82) is 0 Å². The van der Waals surface area contributed by atoms with E-state index in [0.29, 0.717) is 36.9 Å². The molecule has 0 unspecified atom stereocenters. The molecule has 6 heteroatoms. The van der Waals surface area contributed by atoms with Crippen LogP contribution in [0.4, 0.5) is 0 Å². The molecule has 20 heavy (non-hydrogen) atoms. The van der Waals surface area contributed by atoms with Gasteiger partial charge < -0.3 is 9.64 Å². The zero-order valence-corrected chi connectivity index (χ0v) is 11.6. The van der Waals surface area contributed by atoms with Crippen molar-refractivity contribution in [2.24, 2.45) is 0 Å². The van der Waals surface area contributed by atoms with Gasteiger partial charge >= 0.3 is 0 Å². The van der Waals surface area contributed by atoms with E-state index >= 15 is 0 Å². The van der Waals surface area contributed by atoms with E-state index in [9.17, 15) is 4.79 Å². The molecule has 1 fully saturated rings. The first-order valence-corrected chi connectivity index (χ1v) is 6.79. The van der Waals surface area contributed by atoms with E-state index in [1.54, 1.807) is 34.1 Å². The van der Waals surface area contributed by atoms with Gasteiger partial charge in [0.1, 0.15) is 0 Å². The van der Waals surface area contributed by atoms with Gasteiger partial charge in [0, 0.05) is 24.3 Å². The van der Waals surface area contributed by atoms with Crippen LogP contribution in [0.25, 0.3) is 5.69 Å². The lowest BCUT2D eigenvalue weighted by atomic mass is 10.3. The van der Waals surface area contributed by atoms with Crippen LogP contribution in [-0.4, -0.2) is 46.9 Å². The van der Waals surface area contributed by atoms with E-state index < -0.39 is 0 Å². The minimum atomic E-state index is -0.00601. The Morgan fingerprint density at radius 1 is 1.20 bits per heavy atom. The van der Waals surface area contributed by atoms with Crippen LogP contribution < -0.4 is 0 Å². The highest BCUT2D eigenvalue weighted by Gasteiger charge is 2.19. The molecule has 1 aliphatic rings. The third-order valence-electron chi connectivity index (χ3n) is 3.22. The first kappa shape index (κ1) is 13.1. The van der Waals surface area contributed by atoms with Crippen LogP contribution in [0.3, 0.4) is 0 Å². The highest BCUT2D eigenvalue weighted by atomic mass is 35.5. The zero-order chi connectivity index (χ0) is 13.9. The molecule has 0 saturated carbocycles. The predicted octanol–water partition coefficient (Wildman–Crippen LogP) is 2.00. The Morgan fingerprint density at radius 3 is 2.60 bits per heavy atom. The van der Waals surface area contributed by atoms with E-state index in [1.807, 2.05) is 12.1 Å². The molecule has 1 aromatic carbocycles. The van der Waals surface area contributed by atoms with Crippen LogP contribution in [0.2, 0.25) is 5.02 Å². The van der Waals surface area contributed by atoms with Crippen LogP contribution in [0.5, 0.6) is 0 Å². The highest BCUT2D eigenvalue weighted by molar-refractivity contribution is 6.30. The van der Waals surface area contributed by atoms with Gasteiger partial charge in [-0.25, -0.2) is 4.68 Å². The number of nitrogens with zero attached hydrogens (tertiary/aromatic N) is 3. The van der Waals surface area contributed by atoms with Gasteiger partial charge in [-0.2, -0.15) is 5.10 Å². The molecule has 0 radical (unpaired) electrons. The second-order valence-electron chi connectivity index (χ2n) is 4.55. The van der Waals surface area contributed by atoms with Crippen molar-refractivity contribution in [3.8, 4) is 5.69 Å². The number of ether oxygens (including phenoxy) is 1. The van der Waals surface area contributed by atoms with Crippen LogP contribution in [-0.2, 0) is 4.74 Å². The second kappa shape index (κ2) is 5.64. The van der Waals surface area contributed by atoms with Crippen LogP contribution >= 0.6 is 11.6 Å². The maximum Gasteiger partial charge on any atom is 0.257 e. The van der Waals surface area contributed by atoms with Crippen molar-refractivity contribution in [2.75, 3.05) is 26.3 Å². The van der Waals surface area contributed by atoms with Gasteiger partial charge in [0.05, 0.1) is 30.7 Å². The molecule has 0 aliphatic carbocycles.